The molecule has 1 aliphatic carbocycles. The Balaban J connectivity index is 1.89. The van der Waals surface area contributed by atoms with Gasteiger partial charge < -0.3 is 5.32 Å². The zero-order valence-electron chi connectivity index (χ0n) is 13.0. The van der Waals surface area contributed by atoms with Gasteiger partial charge in [-0.3, -0.25) is 9.52 Å². The number of carbonyl (C=O) groups excluding carboxylic acids is 1. The highest BCUT2D eigenvalue weighted by Crippen LogP contribution is 2.25. The lowest BCUT2D eigenvalue weighted by atomic mass is 10.1. The van der Waals surface area contributed by atoms with Crippen LogP contribution in [-0.4, -0.2) is 20.4 Å². The van der Waals surface area contributed by atoms with Crippen LogP contribution in [0.4, 0.5) is 5.69 Å². The summed E-state index contributed by atoms with van der Waals surface area (Å²) in [6.07, 6.45) is 1.94. The van der Waals surface area contributed by atoms with E-state index >= 15 is 0 Å². The SMILES string of the molecule is Cc1cc(S(=O)(=O)Nc2ccccc2C(=O)NC2CC2)ccc1Br. The van der Waals surface area contributed by atoms with Gasteiger partial charge in [-0.25, -0.2) is 8.42 Å². The molecule has 1 amide bonds. The lowest BCUT2D eigenvalue weighted by molar-refractivity contribution is 0.0952. The summed E-state index contributed by atoms with van der Waals surface area (Å²) < 4.78 is 28.6. The number of anilines is 1. The van der Waals surface area contributed by atoms with E-state index in [1.54, 1.807) is 36.4 Å². The van der Waals surface area contributed by atoms with Crippen molar-refractivity contribution in [2.24, 2.45) is 0 Å². The van der Waals surface area contributed by atoms with Crippen molar-refractivity contribution in [2.45, 2.75) is 30.7 Å². The summed E-state index contributed by atoms with van der Waals surface area (Å²) >= 11 is 3.35. The van der Waals surface area contributed by atoms with Crippen LogP contribution in [0.3, 0.4) is 0 Å². The average Bonchev–Trinajstić information content (AvgIpc) is 3.34. The van der Waals surface area contributed by atoms with Gasteiger partial charge in [-0.05, 0) is 55.7 Å². The predicted molar refractivity (Wildman–Crippen MR) is 96.6 cm³/mol. The van der Waals surface area contributed by atoms with Gasteiger partial charge >= 0.3 is 0 Å². The van der Waals surface area contributed by atoms with E-state index in [1.807, 2.05) is 6.92 Å². The third kappa shape index (κ3) is 3.79. The second-order valence-corrected chi connectivity index (χ2v) is 8.35. The first-order valence-electron chi connectivity index (χ1n) is 7.56. The van der Waals surface area contributed by atoms with Gasteiger partial charge in [0, 0.05) is 10.5 Å². The molecule has 5 nitrogen and oxygen atoms in total. The Labute approximate surface area is 149 Å². The van der Waals surface area contributed by atoms with E-state index in [2.05, 4.69) is 26.0 Å². The van der Waals surface area contributed by atoms with Crippen LogP contribution in [0.25, 0.3) is 0 Å². The first-order chi connectivity index (χ1) is 11.4. The molecular formula is C17H17BrN2O3S. The fraction of sp³-hybridized carbons (Fsp3) is 0.235. The Hall–Kier alpha value is -1.86. The minimum Gasteiger partial charge on any atom is -0.349 e. The molecule has 0 bridgehead atoms. The second-order valence-electron chi connectivity index (χ2n) is 5.81. The summed E-state index contributed by atoms with van der Waals surface area (Å²) in [7, 11) is -3.77. The maximum absolute atomic E-state index is 12.6. The molecule has 24 heavy (non-hydrogen) atoms. The first kappa shape index (κ1) is 17.0. The first-order valence-corrected chi connectivity index (χ1v) is 9.83. The molecule has 0 unspecified atom stereocenters. The number of rotatable bonds is 5. The third-order valence-electron chi connectivity index (χ3n) is 3.77. The van der Waals surface area contributed by atoms with Crippen molar-refractivity contribution in [3.8, 4) is 0 Å². The smallest absolute Gasteiger partial charge is 0.261 e. The number of carbonyl (C=O) groups is 1. The lowest BCUT2D eigenvalue weighted by Gasteiger charge is -2.13. The third-order valence-corrected chi connectivity index (χ3v) is 6.02. The molecule has 2 N–H and O–H groups in total. The quantitative estimate of drug-likeness (QED) is 0.795. The number of benzene rings is 2. The second kappa shape index (κ2) is 6.57. The Morgan fingerprint density at radius 1 is 1.17 bits per heavy atom. The topological polar surface area (TPSA) is 75.3 Å². The summed E-state index contributed by atoms with van der Waals surface area (Å²) in [6, 6.07) is 11.6. The van der Waals surface area contributed by atoms with Gasteiger partial charge in [-0.2, -0.15) is 0 Å². The molecule has 3 rings (SSSR count). The molecule has 0 spiro atoms. The summed E-state index contributed by atoms with van der Waals surface area (Å²) in [4.78, 5) is 12.4. The van der Waals surface area contributed by atoms with E-state index in [1.165, 1.54) is 6.07 Å². The van der Waals surface area contributed by atoms with Gasteiger partial charge in [0.2, 0.25) is 0 Å². The Kier molecular flexibility index (Phi) is 4.64. The molecule has 0 aliphatic heterocycles. The van der Waals surface area contributed by atoms with Gasteiger partial charge in [0.15, 0.2) is 0 Å². The molecule has 0 atom stereocenters. The highest BCUT2D eigenvalue weighted by molar-refractivity contribution is 9.10. The monoisotopic (exact) mass is 408 g/mol. The van der Waals surface area contributed by atoms with E-state index in [9.17, 15) is 13.2 Å². The van der Waals surface area contributed by atoms with Crippen LogP contribution in [0.1, 0.15) is 28.8 Å². The molecule has 1 saturated carbocycles. The van der Waals surface area contributed by atoms with Crippen molar-refractivity contribution in [3.63, 3.8) is 0 Å². The number of halogens is 1. The van der Waals surface area contributed by atoms with Crippen molar-refractivity contribution in [3.05, 3.63) is 58.1 Å². The normalized spacial score (nSPS) is 14.2. The van der Waals surface area contributed by atoms with Crippen molar-refractivity contribution in [1.82, 2.24) is 5.32 Å². The lowest BCUT2D eigenvalue weighted by Crippen LogP contribution is -2.27. The predicted octanol–water partition coefficient (Wildman–Crippen LogP) is 3.45. The van der Waals surface area contributed by atoms with E-state index in [4.69, 9.17) is 0 Å². The van der Waals surface area contributed by atoms with E-state index in [0.29, 0.717) is 5.56 Å². The number of hydrogen-bond donors (Lipinski definition) is 2. The van der Waals surface area contributed by atoms with Crippen LogP contribution in [0.5, 0.6) is 0 Å². The zero-order valence-corrected chi connectivity index (χ0v) is 15.4. The number of sulfonamides is 1. The molecule has 1 aliphatic rings. The van der Waals surface area contributed by atoms with Crippen LogP contribution < -0.4 is 10.0 Å². The molecule has 0 aromatic heterocycles. The Morgan fingerprint density at radius 2 is 1.88 bits per heavy atom. The molecule has 0 radical (unpaired) electrons. The average molecular weight is 409 g/mol. The highest BCUT2D eigenvalue weighted by Gasteiger charge is 2.25. The van der Waals surface area contributed by atoms with Gasteiger partial charge in [0.25, 0.3) is 15.9 Å². The number of hydrogen-bond acceptors (Lipinski definition) is 3. The van der Waals surface area contributed by atoms with Crippen molar-refractivity contribution in [1.29, 1.82) is 0 Å². The summed E-state index contributed by atoms with van der Waals surface area (Å²) in [6.45, 7) is 1.82. The molecule has 2 aromatic carbocycles. The number of amides is 1. The minimum atomic E-state index is -3.77. The number of para-hydroxylation sites is 1. The minimum absolute atomic E-state index is 0.153. The van der Waals surface area contributed by atoms with Crippen LogP contribution in [0.15, 0.2) is 51.8 Å². The van der Waals surface area contributed by atoms with Crippen molar-refractivity contribution < 1.29 is 13.2 Å². The largest absolute Gasteiger partial charge is 0.349 e. The maximum Gasteiger partial charge on any atom is 0.261 e. The Morgan fingerprint density at radius 3 is 2.54 bits per heavy atom. The molecule has 0 heterocycles. The zero-order chi connectivity index (χ0) is 17.3. The van der Waals surface area contributed by atoms with Gasteiger partial charge in [-0.15, -0.1) is 0 Å². The van der Waals surface area contributed by atoms with Crippen LogP contribution in [0.2, 0.25) is 0 Å². The molecule has 1 fully saturated rings. The fourth-order valence-electron chi connectivity index (χ4n) is 2.25. The molecule has 126 valence electrons. The van der Waals surface area contributed by atoms with E-state index < -0.39 is 10.0 Å². The highest BCUT2D eigenvalue weighted by atomic mass is 79.9. The summed E-state index contributed by atoms with van der Waals surface area (Å²) in [5.41, 5.74) is 1.41. The Bertz CT molecular complexity index is 892. The molecule has 2 aromatic rings. The molecule has 7 heteroatoms. The van der Waals surface area contributed by atoms with E-state index in [0.717, 1.165) is 22.9 Å². The summed E-state index contributed by atoms with van der Waals surface area (Å²) in [5, 5.41) is 2.87. The fourth-order valence-corrected chi connectivity index (χ4v) is 3.66. The number of aryl methyl sites for hydroxylation is 1. The molecule has 0 saturated heterocycles. The van der Waals surface area contributed by atoms with Gasteiger partial charge in [0.1, 0.15) is 0 Å². The molecular weight excluding hydrogens is 392 g/mol. The van der Waals surface area contributed by atoms with Crippen LogP contribution >= 0.6 is 15.9 Å². The van der Waals surface area contributed by atoms with Gasteiger partial charge in [0.05, 0.1) is 16.1 Å². The standard InChI is InChI=1S/C17H17BrN2O3S/c1-11-10-13(8-9-15(11)18)24(22,23)20-16-5-3-2-4-14(16)17(21)19-12-6-7-12/h2-5,8-10,12,20H,6-7H2,1H3,(H,19,21). The number of nitrogens with one attached hydrogen (secondary N) is 2. The van der Waals surface area contributed by atoms with Crippen molar-refractivity contribution in [2.75, 3.05) is 4.72 Å². The van der Waals surface area contributed by atoms with Gasteiger partial charge in [-0.1, -0.05) is 28.1 Å². The summed E-state index contributed by atoms with van der Waals surface area (Å²) in [5.74, 6) is -0.261. The van der Waals surface area contributed by atoms with E-state index in [-0.39, 0.29) is 22.5 Å². The maximum atomic E-state index is 12.6. The van der Waals surface area contributed by atoms with Crippen LogP contribution in [-0.2, 0) is 10.0 Å². The van der Waals surface area contributed by atoms with Crippen LogP contribution in [0, 0.1) is 6.92 Å². The van der Waals surface area contributed by atoms with Crippen molar-refractivity contribution >= 4 is 37.5 Å².